The first kappa shape index (κ1) is 21.6. The molecule has 1 atom stereocenters. The molecule has 7 heteroatoms. The van der Waals surface area contributed by atoms with Crippen molar-refractivity contribution in [1.29, 1.82) is 0 Å². The second kappa shape index (κ2) is 9.61. The van der Waals surface area contributed by atoms with E-state index in [-0.39, 0.29) is 36.8 Å². The second-order valence-electron chi connectivity index (χ2n) is 7.32. The smallest absolute Gasteiger partial charge is 0.243 e. The van der Waals surface area contributed by atoms with E-state index in [0.717, 1.165) is 36.2 Å². The fourth-order valence-corrected chi connectivity index (χ4v) is 4.30. The molecule has 0 bridgehead atoms. The number of nitrogens with zero attached hydrogens (tertiary/aromatic N) is 2. The molecule has 2 aliphatic rings. The number of aryl methyl sites for hydroxylation is 1. The first-order chi connectivity index (χ1) is 13.6. The first-order valence-corrected chi connectivity index (χ1v) is 10.2. The Kier molecular flexibility index (Phi) is 7.17. The van der Waals surface area contributed by atoms with E-state index in [1.54, 1.807) is 4.90 Å². The van der Waals surface area contributed by atoms with Crippen molar-refractivity contribution in [2.45, 2.75) is 25.3 Å². The SMILES string of the molecule is Cl.O=C1CCCc2ccccc2N1CC(=O)N1CCNCC1c1cccc(Cl)c1. The molecule has 2 amide bonds. The van der Waals surface area contributed by atoms with Gasteiger partial charge in [0.25, 0.3) is 0 Å². The number of rotatable bonds is 3. The van der Waals surface area contributed by atoms with Crippen LogP contribution < -0.4 is 10.2 Å². The highest BCUT2D eigenvalue weighted by Gasteiger charge is 2.31. The van der Waals surface area contributed by atoms with Crippen molar-refractivity contribution in [1.82, 2.24) is 10.2 Å². The van der Waals surface area contributed by atoms with Gasteiger partial charge in [0, 0.05) is 36.8 Å². The Bertz CT molecular complexity index is 890. The number of piperazine rings is 1. The van der Waals surface area contributed by atoms with Crippen LogP contribution in [0.15, 0.2) is 48.5 Å². The lowest BCUT2D eigenvalue weighted by atomic mass is 10.0. The van der Waals surface area contributed by atoms with E-state index in [9.17, 15) is 9.59 Å². The fourth-order valence-electron chi connectivity index (χ4n) is 4.10. The number of fused-ring (bicyclic) bond motifs is 1. The molecule has 2 aliphatic heterocycles. The number of hydrogen-bond acceptors (Lipinski definition) is 3. The molecule has 1 saturated heterocycles. The molecule has 0 spiro atoms. The Balaban J connectivity index is 0.00000240. The summed E-state index contributed by atoms with van der Waals surface area (Å²) < 4.78 is 0. The highest BCUT2D eigenvalue weighted by atomic mass is 35.5. The summed E-state index contributed by atoms with van der Waals surface area (Å²) >= 11 is 6.16. The lowest BCUT2D eigenvalue weighted by Crippen LogP contribution is -2.52. The lowest BCUT2D eigenvalue weighted by molar-refractivity contribution is -0.134. The molecule has 29 heavy (non-hydrogen) atoms. The minimum absolute atomic E-state index is 0. The van der Waals surface area contributed by atoms with E-state index in [1.165, 1.54) is 0 Å². The minimum Gasteiger partial charge on any atom is -0.332 e. The molecule has 0 saturated carbocycles. The van der Waals surface area contributed by atoms with Gasteiger partial charge in [0.1, 0.15) is 6.54 Å². The van der Waals surface area contributed by atoms with Crippen LogP contribution in [0, 0.1) is 0 Å². The average Bonchev–Trinajstić information content (AvgIpc) is 2.87. The highest BCUT2D eigenvalue weighted by Crippen LogP contribution is 2.29. The number of amides is 2. The maximum absolute atomic E-state index is 13.3. The topological polar surface area (TPSA) is 52.7 Å². The normalized spacial score (nSPS) is 19.2. The van der Waals surface area contributed by atoms with E-state index >= 15 is 0 Å². The molecule has 1 fully saturated rings. The van der Waals surface area contributed by atoms with Crippen LogP contribution in [-0.2, 0) is 16.0 Å². The minimum atomic E-state index is -0.0859. The molecule has 2 aromatic carbocycles. The molecule has 1 N–H and O–H groups in total. The zero-order valence-corrected chi connectivity index (χ0v) is 17.7. The van der Waals surface area contributed by atoms with Crippen molar-refractivity contribution in [3.05, 3.63) is 64.7 Å². The van der Waals surface area contributed by atoms with Crippen LogP contribution in [0.4, 0.5) is 5.69 Å². The van der Waals surface area contributed by atoms with Gasteiger partial charge in [-0.05, 0) is 42.2 Å². The number of para-hydroxylation sites is 1. The molecule has 0 radical (unpaired) electrons. The van der Waals surface area contributed by atoms with Gasteiger partial charge in [0.2, 0.25) is 11.8 Å². The largest absolute Gasteiger partial charge is 0.332 e. The molecule has 2 heterocycles. The van der Waals surface area contributed by atoms with E-state index in [2.05, 4.69) is 5.32 Å². The predicted molar refractivity (Wildman–Crippen MR) is 118 cm³/mol. The van der Waals surface area contributed by atoms with E-state index in [1.807, 2.05) is 53.4 Å². The second-order valence-corrected chi connectivity index (χ2v) is 7.76. The van der Waals surface area contributed by atoms with Crippen LogP contribution in [-0.4, -0.2) is 42.9 Å². The van der Waals surface area contributed by atoms with Crippen molar-refractivity contribution in [2.75, 3.05) is 31.1 Å². The van der Waals surface area contributed by atoms with Crippen molar-refractivity contribution in [3.8, 4) is 0 Å². The molecule has 5 nitrogen and oxygen atoms in total. The van der Waals surface area contributed by atoms with Crippen LogP contribution in [0.5, 0.6) is 0 Å². The van der Waals surface area contributed by atoms with Crippen LogP contribution in [0.25, 0.3) is 0 Å². The van der Waals surface area contributed by atoms with Gasteiger partial charge in [-0.2, -0.15) is 0 Å². The van der Waals surface area contributed by atoms with Gasteiger partial charge >= 0.3 is 0 Å². The Morgan fingerprint density at radius 2 is 1.97 bits per heavy atom. The number of nitrogens with one attached hydrogen (secondary N) is 1. The molecule has 2 aromatic rings. The van der Waals surface area contributed by atoms with Crippen molar-refractivity contribution < 1.29 is 9.59 Å². The highest BCUT2D eigenvalue weighted by molar-refractivity contribution is 6.30. The first-order valence-electron chi connectivity index (χ1n) is 9.77. The van der Waals surface area contributed by atoms with E-state index in [0.29, 0.717) is 24.5 Å². The molecule has 0 aromatic heterocycles. The molecule has 154 valence electrons. The van der Waals surface area contributed by atoms with Gasteiger partial charge < -0.3 is 15.1 Å². The Hall–Kier alpha value is -2.08. The molecular weight excluding hydrogens is 409 g/mol. The Morgan fingerprint density at radius 3 is 2.79 bits per heavy atom. The van der Waals surface area contributed by atoms with E-state index < -0.39 is 0 Å². The van der Waals surface area contributed by atoms with Crippen molar-refractivity contribution in [2.24, 2.45) is 0 Å². The molecule has 1 unspecified atom stereocenters. The number of hydrogen-bond donors (Lipinski definition) is 1. The zero-order chi connectivity index (χ0) is 19.5. The molecule has 0 aliphatic carbocycles. The number of carbonyl (C=O) groups excluding carboxylic acids is 2. The summed E-state index contributed by atoms with van der Waals surface area (Å²) in [6.07, 6.45) is 2.16. The lowest BCUT2D eigenvalue weighted by Gasteiger charge is -2.38. The van der Waals surface area contributed by atoms with Crippen LogP contribution in [0.1, 0.15) is 30.0 Å². The maximum atomic E-state index is 13.3. The van der Waals surface area contributed by atoms with Gasteiger partial charge in [0.15, 0.2) is 0 Å². The summed E-state index contributed by atoms with van der Waals surface area (Å²) in [6, 6.07) is 15.5. The number of anilines is 1. The van der Waals surface area contributed by atoms with Crippen molar-refractivity contribution >= 4 is 41.5 Å². The average molecular weight is 434 g/mol. The van der Waals surface area contributed by atoms with Gasteiger partial charge in [-0.1, -0.05) is 41.9 Å². The summed E-state index contributed by atoms with van der Waals surface area (Å²) in [5.41, 5.74) is 3.01. The molecule has 4 rings (SSSR count). The van der Waals surface area contributed by atoms with Gasteiger partial charge in [-0.3, -0.25) is 9.59 Å². The fraction of sp³-hybridized carbons (Fsp3) is 0.364. The summed E-state index contributed by atoms with van der Waals surface area (Å²) in [5.74, 6) is -0.00994. The summed E-state index contributed by atoms with van der Waals surface area (Å²) in [6.45, 7) is 2.11. The third-order valence-electron chi connectivity index (χ3n) is 5.51. The summed E-state index contributed by atoms with van der Waals surface area (Å²) in [5, 5.41) is 4.02. The quantitative estimate of drug-likeness (QED) is 0.803. The van der Waals surface area contributed by atoms with Gasteiger partial charge in [-0.25, -0.2) is 0 Å². The standard InChI is InChI=1S/C22H24ClN3O2.ClH/c23-18-8-3-7-17(13-18)20-14-24-11-12-25(20)22(28)15-26-19-9-2-1-5-16(19)6-4-10-21(26)27;/h1-3,5,7-9,13,20,24H,4,6,10-12,14-15H2;1H. The third kappa shape index (κ3) is 4.74. The third-order valence-corrected chi connectivity index (χ3v) is 5.75. The van der Waals surface area contributed by atoms with Crippen LogP contribution in [0.3, 0.4) is 0 Å². The summed E-state index contributed by atoms with van der Waals surface area (Å²) in [7, 11) is 0. The maximum Gasteiger partial charge on any atom is 0.243 e. The van der Waals surface area contributed by atoms with Gasteiger partial charge in [-0.15, -0.1) is 12.4 Å². The monoisotopic (exact) mass is 433 g/mol. The van der Waals surface area contributed by atoms with Crippen LogP contribution in [0.2, 0.25) is 5.02 Å². The summed E-state index contributed by atoms with van der Waals surface area (Å²) in [4.78, 5) is 29.5. The van der Waals surface area contributed by atoms with E-state index in [4.69, 9.17) is 11.6 Å². The Labute approximate surface area is 182 Å². The number of halogens is 2. The Morgan fingerprint density at radius 1 is 1.14 bits per heavy atom. The van der Waals surface area contributed by atoms with Crippen molar-refractivity contribution in [3.63, 3.8) is 0 Å². The number of carbonyl (C=O) groups is 2. The predicted octanol–water partition coefficient (Wildman–Crippen LogP) is 3.60. The number of benzene rings is 2. The van der Waals surface area contributed by atoms with Crippen LogP contribution >= 0.6 is 24.0 Å². The van der Waals surface area contributed by atoms with Gasteiger partial charge in [0.05, 0.1) is 6.04 Å². The zero-order valence-electron chi connectivity index (χ0n) is 16.1. The molecular formula is C22H25Cl2N3O2.